The Balaban J connectivity index is 2.25. The third kappa shape index (κ3) is 1.69. The van der Waals surface area contributed by atoms with Crippen molar-refractivity contribution in [3.63, 3.8) is 0 Å². The number of aromatic amines is 1. The lowest BCUT2D eigenvalue weighted by molar-refractivity contribution is -0.128. The number of H-pyrrole nitrogens is 1. The van der Waals surface area contributed by atoms with E-state index in [4.69, 9.17) is 5.73 Å². The first-order valence-electron chi connectivity index (χ1n) is 6.26. The average molecular weight is 270 g/mol. The van der Waals surface area contributed by atoms with E-state index in [1.807, 2.05) is 24.3 Å². The first-order valence-corrected chi connectivity index (χ1v) is 6.26. The summed E-state index contributed by atoms with van der Waals surface area (Å²) in [5, 5.41) is 3.35. The molecule has 0 bridgehead atoms. The molecule has 1 aliphatic heterocycles. The number of nitrogens with one attached hydrogen (secondary N) is 2. The lowest BCUT2D eigenvalue weighted by atomic mass is 9.85. The summed E-state index contributed by atoms with van der Waals surface area (Å²) >= 11 is 0. The van der Waals surface area contributed by atoms with Gasteiger partial charge in [-0.1, -0.05) is 18.2 Å². The van der Waals surface area contributed by atoms with Crippen molar-refractivity contribution in [1.29, 1.82) is 0 Å². The van der Waals surface area contributed by atoms with Crippen molar-refractivity contribution >= 4 is 28.6 Å². The van der Waals surface area contributed by atoms with Crippen LogP contribution in [-0.4, -0.2) is 22.6 Å². The number of carbonyl (C=O) groups excluding carboxylic acids is 2. The number of hydrogen-bond acceptors (Lipinski definition) is 4. The van der Waals surface area contributed by atoms with Crippen LogP contribution >= 0.6 is 0 Å². The summed E-state index contributed by atoms with van der Waals surface area (Å²) in [6.45, 7) is 1.44. The van der Waals surface area contributed by atoms with Gasteiger partial charge in [-0.2, -0.15) is 0 Å². The van der Waals surface area contributed by atoms with Crippen molar-refractivity contribution in [2.24, 2.45) is 10.7 Å². The smallest absolute Gasteiger partial charge is 0.259 e. The van der Waals surface area contributed by atoms with Gasteiger partial charge in [0.25, 0.3) is 5.91 Å². The summed E-state index contributed by atoms with van der Waals surface area (Å²) < 4.78 is 0. The van der Waals surface area contributed by atoms with Gasteiger partial charge in [-0.25, -0.2) is 4.99 Å². The maximum atomic E-state index is 12.3. The molecule has 1 aliphatic rings. The Hall–Kier alpha value is -2.63. The summed E-state index contributed by atoms with van der Waals surface area (Å²) in [6.07, 6.45) is 1.71. The topological polar surface area (TPSA) is 100 Å². The summed E-state index contributed by atoms with van der Waals surface area (Å²) in [5.74, 6) is -0.444. The highest BCUT2D eigenvalue weighted by Gasteiger charge is 2.47. The highest BCUT2D eigenvalue weighted by molar-refractivity contribution is 6.10. The van der Waals surface area contributed by atoms with E-state index in [0.29, 0.717) is 5.56 Å². The van der Waals surface area contributed by atoms with E-state index in [1.54, 1.807) is 6.20 Å². The maximum Gasteiger partial charge on any atom is 0.259 e. The van der Waals surface area contributed by atoms with Crippen molar-refractivity contribution in [3.05, 3.63) is 36.0 Å². The molecule has 102 valence electrons. The highest BCUT2D eigenvalue weighted by atomic mass is 16.2. The molecule has 6 nitrogen and oxygen atoms in total. The molecule has 2 heterocycles. The number of nitrogens with two attached hydrogens (primary N) is 1. The second-order valence-corrected chi connectivity index (χ2v) is 4.94. The van der Waals surface area contributed by atoms with Crippen molar-refractivity contribution < 1.29 is 9.59 Å². The van der Waals surface area contributed by atoms with Crippen LogP contribution < -0.4 is 11.1 Å². The third-order valence-corrected chi connectivity index (χ3v) is 3.47. The molecule has 0 fully saturated rings. The normalized spacial score (nSPS) is 21.9. The second-order valence-electron chi connectivity index (χ2n) is 4.94. The van der Waals surface area contributed by atoms with Gasteiger partial charge in [-0.15, -0.1) is 0 Å². The molecular weight excluding hydrogens is 256 g/mol. The fourth-order valence-corrected chi connectivity index (χ4v) is 2.68. The molecule has 3 rings (SSSR count). The van der Waals surface area contributed by atoms with Gasteiger partial charge in [0.2, 0.25) is 0 Å². The van der Waals surface area contributed by atoms with E-state index in [2.05, 4.69) is 15.3 Å². The van der Waals surface area contributed by atoms with Gasteiger partial charge in [0, 0.05) is 29.1 Å². The molecule has 20 heavy (non-hydrogen) atoms. The molecule has 1 atom stereocenters. The van der Waals surface area contributed by atoms with E-state index in [0.717, 1.165) is 10.9 Å². The van der Waals surface area contributed by atoms with Crippen molar-refractivity contribution in [2.45, 2.75) is 18.9 Å². The summed E-state index contributed by atoms with van der Waals surface area (Å²) in [4.78, 5) is 31.2. The Bertz CT molecular complexity index is 746. The van der Waals surface area contributed by atoms with Crippen LogP contribution in [0.5, 0.6) is 0 Å². The number of amides is 1. The number of benzene rings is 1. The van der Waals surface area contributed by atoms with Crippen LogP contribution in [-0.2, 0) is 15.1 Å². The fourth-order valence-electron chi connectivity index (χ4n) is 2.68. The van der Waals surface area contributed by atoms with E-state index >= 15 is 0 Å². The average Bonchev–Trinajstić information content (AvgIpc) is 2.91. The van der Waals surface area contributed by atoms with Crippen LogP contribution in [0, 0.1) is 0 Å². The molecule has 0 saturated carbocycles. The minimum Gasteiger partial charge on any atom is -0.370 e. The molecule has 6 heteroatoms. The molecule has 1 aromatic carbocycles. The number of para-hydroxylation sites is 1. The van der Waals surface area contributed by atoms with Crippen LogP contribution in [0.25, 0.3) is 10.9 Å². The van der Waals surface area contributed by atoms with Gasteiger partial charge in [-0.3, -0.25) is 14.9 Å². The van der Waals surface area contributed by atoms with Crippen molar-refractivity contribution in [1.82, 2.24) is 10.3 Å². The van der Waals surface area contributed by atoms with Gasteiger partial charge < -0.3 is 10.7 Å². The Morgan fingerprint density at radius 1 is 1.40 bits per heavy atom. The number of aromatic nitrogens is 1. The van der Waals surface area contributed by atoms with Crippen LogP contribution in [0.15, 0.2) is 35.5 Å². The monoisotopic (exact) mass is 270 g/mol. The Kier molecular flexibility index (Phi) is 2.60. The summed E-state index contributed by atoms with van der Waals surface area (Å²) in [6, 6.07) is 7.56. The van der Waals surface area contributed by atoms with E-state index in [-0.39, 0.29) is 24.1 Å². The summed E-state index contributed by atoms with van der Waals surface area (Å²) in [7, 11) is 0. The number of rotatable bonds is 3. The minimum atomic E-state index is -1.27. The summed E-state index contributed by atoms with van der Waals surface area (Å²) in [5.41, 5.74) is 5.91. The van der Waals surface area contributed by atoms with Crippen LogP contribution in [0.4, 0.5) is 0 Å². The largest absolute Gasteiger partial charge is 0.370 e. The van der Waals surface area contributed by atoms with Crippen molar-refractivity contribution in [2.75, 3.05) is 0 Å². The van der Waals surface area contributed by atoms with Crippen LogP contribution in [0.2, 0.25) is 0 Å². The predicted octanol–water partition coefficient (Wildman–Crippen LogP) is 0.787. The van der Waals surface area contributed by atoms with Gasteiger partial charge in [-0.05, 0) is 13.0 Å². The Morgan fingerprint density at radius 3 is 2.80 bits per heavy atom. The second kappa shape index (κ2) is 4.19. The SMILES string of the molecule is CC(=O)CC1(c2c[nH]c3ccccc23)N=C(N)NC1=O. The van der Waals surface area contributed by atoms with Gasteiger partial charge >= 0.3 is 0 Å². The predicted molar refractivity (Wildman–Crippen MR) is 75.0 cm³/mol. The number of carbonyl (C=O) groups is 2. The zero-order valence-corrected chi connectivity index (χ0v) is 10.9. The Labute approximate surface area is 115 Å². The number of ketones is 1. The zero-order chi connectivity index (χ0) is 14.3. The first-order chi connectivity index (χ1) is 9.53. The molecule has 0 saturated heterocycles. The Morgan fingerprint density at radius 2 is 2.15 bits per heavy atom. The third-order valence-electron chi connectivity index (χ3n) is 3.47. The van der Waals surface area contributed by atoms with E-state index in [1.165, 1.54) is 6.92 Å². The molecule has 2 aromatic rings. The number of aliphatic imine (C=N–C) groups is 1. The zero-order valence-electron chi connectivity index (χ0n) is 10.9. The lowest BCUT2D eigenvalue weighted by Gasteiger charge is -2.21. The van der Waals surface area contributed by atoms with Crippen LogP contribution in [0.3, 0.4) is 0 Å². The molecule has 1 unspecified atom stereocenters. The number of hydrogen-bond donors (Lipinski definition) is 3. The molecule has 1 aromatic heterocycles. The number of nitrogens with zero attached hydrogens (tertiary/aromatic N) is 1. The van der Waals surface area contributed by atoms with Gasteiger partial charge in [0.15, 0.2) is 11.5 Å². The molecule has 1 amide bonds. The van der Waals surface area contributed by atoms with Crippen molar-refractivity contribution in [3.8, 4) is 0 Å². The lowest BCUT2D eigenvalue weighted by Crippen LogP contribution is -2.40. The van der Waals surface area contributed by atoms with E-state index < -0.39 is 5.54 Å². The standard InChI is InChI=1S/C14H14N4O2/c1-8(19)6-14(12(20)17-13(15)18-14)10-7-16-11-5-3-2-4-9(10)11/h2-5,7,16H,6H2,1H3,(H3,15,17,18,20). The molecule has 0 radical (unpaired) electrons. The first kappa shape index (κ1) is 12.4. The van der Waals surface area contributed by atoms with Crippen LogP contribution in [0.1, 0.15) is 18.9 Å². The number of fused-ring (bicyclic) bond motifs is 1. The minimum absolute atomic E-state index is 0.0125. The molecule has 4 N–H and O–H groups in total. The van der Waals surface area contributed by atoms with E-state index in [9.17, 15) is 9.59 Å². The van der Waals surface area contributed by atoms with Gasteiger partial charge in [0.05, 0.1) is 0 Å². The molecule has 0 aliphatic carbocycles. The fraction of sp³-hybridized carbons (Fsp3) is 0.214. The number of guanidine groups is 1. The molecule has 0 spiro atoms. The van der Waals surface area contributed by atoms with Gasteiger partial charge in [0.1, 0.15) is 5.78 Å². The highest BCUT2D eigenvalue weighted by Crippen LogP contribution is 2.37. The number of Topliss-reactive ketones (excluding diaryl/α,β-unsaturated/α-hetero) is 1. The quantitative estimate of drug-likeness (QED) is 0.768. The maximum absolute atomic E-state index is 12.3. The molecular formula is C14H14N4O2.